The minimum absolute atomic E-state index is 0.612. The van der Waals surface area contributed by atoms with Crippen molar-refractivity contribution in [3.63, 3.8) is 0 Å². The quantitative estimate of drug-likeness (QED) is 0.722. The number of thioether (sulfide) groups is 1. The lowest BCUT2D eigenvalue weighted by atomic mass is 9.64. The number of hydrogen-bond acceptors (Lipinski definition) is 1. The van der Waals surface area contributed by atoms with Crippen molar-refractivity contribution < 1.29 is 0 Å². The van der Waals surface area contributed by atoms with Gasteiger partial charge >= 0.3 is 0 Å². The smallest absolute Gasteiger partial charge is 0.0338 e. The molecular formula is C18H29NS. The van der Waals surface area contributed by atoms with Crippen molar-refractivity contribution >= 4 is 11.8 Å². The fourth-order valence-electron chi connectivity index (χ4n) is 3.56. The number of rotatable bonds is 6. The molecule has 1 nitrogen and oxygen atoms in total. The van der Waals surface area contributed by atoms with Crippen LogP contribution < -0.4 is 0 Å². The highest BCUT2D eigenvalue weighted by molar-refractivity contribution is 7.99. The van der Waals surface area contributed by atoms with Crippen LogP contribution in [0.3, 0.4) is 0 Å². The van der Waals surface area contributed by atoms with E-state index in [-0.39, 0.29) is 0 Å². The molecule has 2 aliphatic carbocycles. The summed E-state index contributed by atoms with van der Waals surface area (Å²) in [6.45, 7) is 9.52. The van der Waals surface area contributed by atoms with E-state index >= 15 is 0 Å². The third-order valence-corrected chi connectivity index (χ3v) is 6.98. The number of nitrogens with one attached hydrogen (secondary N) is 1. The molecule has 112 valence electrons. The van der Waals surface area contributed by atoms with Gasteiger partial charge in [-0.05, 0) is 61.0 Å². The molecule has 2 aliphatic rings. The van der Waals surface area contributed by atoms with Crippen LogP contribution in [0.4, 0.5) is 0 Å². The van der Waals surface area contributed by atoms with Crippen molar-refractivity contribution in [1.29, 1.82) is 0 Å². The summed E-state index contributed by atoms with van der Waals surface area (Å²) >= 11 is 2.16. The highest BCUT2D eigenvalue weighted by atomic mass is 32.2. The largest absolute Gasteiger partial charge is 0.361 e. The maximum atomic E-state index is 3.56. The van der Waals surface area contributed by atoms with E-state index in [4.69, 9.17) is 0 Å². The van der Waals surface area contributed by atoms with E-state index in [9.17, 15) is 0 Å². The van der Waals surface area contributed by atoms with Gasteiger partial charge < -0.3 is 4.98 Å². The van der Waals surface area contributed by atoms with Crippen LogP contribution in [-0.4, -0.2) is 10.2 Å². The van der Waals surface area contributed by atoms with Gasteiger partial charge in [0.25, 0.3) is 0 Å². The Morgan fingerprint density at radius 3 is 2.45 bits per heavy atom. The van der Waals surface area contributed by atoms with Gasteiger partial charge in [0.1, 0.15) is 0 Å². The maximum absolute atomic E-state index is 3.56. The Kier molecular flexibility index (Phi) is 3.96. The second-order valence-electron chi connectivity index (χ2n) is 7.79. The average molecular weight is 292 g/mol. The molecule has 0 saturated heterocycles. The minimum atomic E-state index is 0.612. The summed E-state index contributed by atoms with van der Waals surface area (Å²) in [6, 6.07) is 4.52. The molecule has 0 aliphatic heterocycles. The average Bonchev–Trinajstić information content (AvgIpc) is 3.07. The SMILES string of the molecule is CC(C)c1ccc(CSC2CC(C(C)(C)C3CC3)C2)[nH]1. The topological polar surface area (TPSA) is 15.8 Å². The van der Waals surface area contributed by atoms with Gasteiger partial charge in [0, 0.05) is 22.4 Å². The lowest BCUT2D eigenvalue weighted by Gasteiger charge is -2.45. The molecule has 1 aromatic rings. The predicted octanol–water partition coefficient (Wildman–Crippen LogP) is 5.59. The Bertz CT molecular complexity index is 450. The summed E-state index contributed by atoms with van der Waals surface area (Å²) in [4.78, 5) is 3.56. The Labute approximate surface area is 128 Å². The number of aromatic nitrogens is 1. The lowest BCUT2D eigenvalue weighted by molar-refractivity contribution is 0.102. The van der Waals surface area contributed by atoms with Crippen molar-refractivity contribution in [2.75, 3.05) is 0 Å². The minimum Gasteiger partial charge on any atom is -0.361 e. The van der Waals surface area contributed by atoms with Gasteiger partial charge in [-0.2, -0.15) is 11.8 Å². The van der Waals surface area contributed by atoms with Gasteiger partial charge in [-0.25, -0.2) is 0 Å². The van der Waals surface area contributed by atoms with E-state index in [1.807, 2.05) is 0 Å². The first-order chi connectivity index (χ1) is 9.46. The van der Waals surface area contributed by atoms with Crippen LogP contribution in [0.25, 0.3) is 0 Å². The predicted molar refractivity (Wildman–Crippen MR) is 89.2 cm³/mol. The van der Waals surface area contributed by atoms with E-state index in [1.54, 1.807) is 0 Å². The summed E-state index contributed by atoms with van der Waals surface area (Å²) < 4.78 is 0. The third-order valence-electron chi connectivity index (χ3n) is 5.64. The Balaban J connectivity index is 1.42. The zero-order valence-electron chi connectivity index (χ0n) is 13.4. The molecule has 0 spiro atoms. The zero-order chi connectivity index (χ0) is 14.3. The van der Waals surface area contributed by atoms with Crippen molar-refractivity contribution in [1.82, 2.24) is 4.98 Å². The Morgan fingerprint density at radius 1 is 1.20 bits per heavy atom. The first-order valence-corrected chi connectivity index (χ1v) is 9.31. The van der Waals surface area contributed by atoms with Crippen molar-refractivity contribution in [2.24, 2.45) is 17.3 Å². The number of H-pyrrole nitrogens is 1. The van der Waals surface area contributed by atoms with Gasteiger partial charge in [-0.1, -0.05) is 27.7 Å². The molecule has 3 rings (SSSR count). The van der Waals surface area contributed by atoms with Crippen molar-refractivity contribution in [3.8, 4) is 0 Å². The zero-order valence-corrected chi connectivity index (χ0v) is 14.2. The second kappa shape index (κ2) is 5.44. The van der Waals surface area contributed by atoms with Crippen LogP contribution in [0.5, 0.6) is 0 Å². The van der Waals surface area contributed by atoms with E-state index in [2.05, 4.69) is 56.6 Å². The summed E-state index contributed by atoms with van der Waals surface area (Å²) in [5, 5.41) is 0.906. The molecule has 1 N–H and O–H groups in total. The van der Waals surface area contributed by atoms with Gasteiger partial charge in [-0.15, -0.1) is 0 Å². The van der Waals surface area contributed by atoms with E-state index in [0.29, 0.717) is 11.3 Å². The fourth-order valence-corrected chi connectivity index (χ4v) is 4.88. The van der Waals surface area contributed by atoms with Crippen molar-refractivity contribution in [3.05, 3.63) is 23.5 Å². The standard InChI is InChI=1S/C18H29NS/c1-12(2)17-8-7-15(19-17)11-20-16-9-14(10-16)18(3,4)13-5-6-13/h7-8,12-14,16,19H,5-6,9-11H2,1-4H3. The molecule has 20 heavy (non-hydrogen) atoms. The first-order valence-electron chi connectivity index (χ1n) is 8.26. The Morgan fingerprint density at radius 2 is 1.90 bits per heavy atom. The molecule has 1 heterocycles. The third kappa shape index (κ3) is 2.95. The maximum Gasteiger partial charge on any atom is 0.0338 e. The van der Waals surface area contributed by atoms with Crippen LogP contribution in [0.1, 0.15) is 70.7 Å². The molecule has 0 amide bonds. The highest BCUT2D eigenvalue weighted by Crippen LogP contribution is 2.57. The summed E-state index contributed by atoms with van der Waals surface area (Å²) in [7, 11) is 0. The summed E-state index contributed by atoms with van der Waals surface area (Å²) in [5.41, 5.74) is 3.40. The lowest BCUT2D eigenvalue weighted by Crippen LogP contribution is -2.38. The second-order valence-corrected chi connectivity index (χ2v) is 9.08. The van der Waals surface area contributed by atoms with Gasteiger partial charge in [0.2, 0.25) is 0 Å². The molecule has 0 aromatic carbocycles. The molecular weight excluding hydrogens is 262 g/mol. The van der Waals surface area contributed by atoms with Crippen LogP contribution in [0, 0.1) is 17.3 Å². The molecule has 0 unspecified atom stereocenters. The monoisotopic (exact) mass is 291 g/mol. The normalized spacial score (nSPS) is 26.9. The number of aromatic amines is 1. The van der Waals surface area contributed by atoms with E-state index < -0.39 is 0 Å². The molecule has 0 bridgehead atoms. The van der Waals surface area contributed by atoms with Crippen LogP contribution >= 0.6 is 11.8 Å². The van der Waals surface area contributed by atoms with Crippen LogP contribution in [-0.2, 0) is 5.75 Å². The summed E-state index contributed by atoms with van der Waals surface area (Å²) in [5.74, 6) is 3.80. The van der Waals surface area contributed by atoms with Crippen LogP contribution in [0.15, 0.2) is 12.1 Å². The summed E-state index contributed by atoms with van der Waals surface area (Å²) in [6.07, 6.45) is 5.88. The molecule has 1 aromatic heterocycles. The molecule has 2 heteroatoms. The first kappa shape index (κ1) is 14.6. The Hall–Kier alpha value is -0.370. The highest BCUT2D eigenvalue weighted by Gasteiger charge is 2.47. The van der Waals surface area contributed by atoms with Crippen LogP contribution in [0.2, 0.25) is 0 Å². The molecule has 2 fully saturated rings. The molecule has 2 saturated carbocycles. The van der Waals surface area contributed by atoms with Crippen molar-refractivity contribution in [2.45, 2.75) is 70.3 Å². The van der Waals surface area contributed by atoms with E-state index in [0.717, 1.165) is 22.8 Å². The molecule has 0 atom stereocenters. The van der Waals surface area contributed by atoms with Gasteiger partial charge in [0.15, 0.2) is 0 Å². The molecule has 0 radical (unpaired) electrons. The van der Waals surface area contributed by atoms with Gasteiger partial charge in [-0.3, -0.25) is 0 Å². The van der Waals surface area contributed by atoms with Gasteiger partial charge in [0.05, 0.1) is 0 Å². The van der Waals surface area contributed by atoms with E-state index in [1.165, 1.54) is 37.1 Å². The number of hydrogen-bond donors (Lipinski definition) is 1. The fraction of sp³-hybridized carbons (Fsp3) is 0.778.